The van der Waals surface area contributed by atoms with Crippen molar-refractivity contribution in [3.63, 3.8) is 0 Å². The van der Waals surface area contributed by atoms with E-state index in [1.54, 1.807) is 0 Å². The number of hydrogen-bond donors (Lipinski definition) is 1. The second-order valence-electron chi connectivity index (χ2n) is 4.05. The summed E-state index contributed by atoms with van der Waals surface area (Å²) in [6, 6.07) is 8.23. The van der Waals surface area contributed by atoms with E-state index in [2.05, 4.69) is 31.1 Å². The standard InChI is InChI=1S/C13H17N3.ClH/c1-9-6-4-5-7-13(9)16-11(3)12(8-14)10(2)15-16;/h4-7H,8,14H2,1-3H3;1H. The quantitative estimate of drug-likeness (QED) is 0.892. The van der Waals surface area contributed by atoms with Crippen LogP contribution in [0.1, 0.15) is 22.5 Å². The number of nitrogens with zero attached hydrogens (tertiary/aromatic N) is 2. The smallest absolute Gasteiger partial charge is 0.0678 e. The number of aromatic nitrogens is 2. The molecule has 2 N–H and O–H groups in total. The number of para-hydroxylation sites is 1. The molecule has 0 unspecified atom stereocenters. The molecule has 2 rings (SSSR count). The van der Waals surface area contributed by atoms with Crippen molar-refractivity contribution in [3.05, 3.63) is 46.8 Å². The van der Waals surface area contributed by atoms with E-state index >= 15 is 0 Å². The lowest BCUT2D eigenvalue weighted by Crippen LogP contribution is -2.03. The zero-order valence-corrected chi connectivity index (χ0v) is 11.2. The lowest BCUT2D eigenvalue weighted by molar-refractivity contribution is 0.826. The van der Waals surface area contributed by atoms with Crippen molar-refractivity contribution in [2.45, 2.75) is 27.3 Å². The lowest BCUT2D eigenvalue weighted by Gasteiger charge is -2.07. The van der Waals surface area contributed by atoms with Gasteiger partial charge in [-0.2, -0.15) is 5.10 Å². The fraction of sp³-hybridized carbons (Fsp3) is 0.308. The normalized spacial score (nSPS) is 10.1. The number of nitrogens with two attached hydrogens (primary N) is 1. The summed E-state index contributed by atoms with van der Waals surface area (Å²) >= 11 is 0. The van der Waals surface area contributed by atoms with E-state index in [1.165, 1.54) is 5.56 Å². The summed E-state index contributed by atoms with van der Waals surface area (Å²) < 4.78 is 1.98. The first-order valence-corrected chi connectivity index (χ1v) is 5.46. The first-order chi connectivity index (χ1) is 7.65. The Hall–Kier alpha value is -1.32. The van der Waals surface area contributed by atoms with Gasteiger partial charge in [0.1, 0.15) is 0 Å². The topological polar surface area (TPSA) is 43.8 Å². The molecule has 1 heterocycles. The average molecular weight is 252 g/mol. The van der Waals surface area contributed by atoms with E-state index in [0.29, 0.717) is 6.54 Å². The fourth-order valence-electron chi connectivity index (χ4n) is 2.01. The van der Waals surface area contributed by atoms with E-state index in [4.69, 9.17) is 5.73 Å². The van der Waals surface area contributed by atoms with Crippen LogP contribution in [0.5, 0.6) is 0 Å². The van der Waals surface area contributed by atoms with Gasteiger partial charge >= 0.3 is 0 Å². The summed E-state index contributed by atoms with van der Waals surface area (Å²) in [6.45, 7) is 6.70. The molecule has 3 nitrogen and oxygen atoms in total. The van der Waals surface area contributed by atoms with Crippen molar-refractivity contribution in [3.8, 4) is 5.69 Å². The summed E-state index contributed by atoms with van der Waals surface area (Å²) in [7, 11) is 0. The third-order valence-corrected chi connectivity index (χ3v) is 2.99. The minimum Gasteiger partial charge on any atom is -0.326 e. The number of benzene rings is 1. The zero-order valence-electron chi connectivity index (χ0n) is 10.4. The van der Waals surface area contributed by atoms with Crippen molar-refractivity contribution in [2.75, 3.05) is 0 Å². The van der Waals surface area contributed by atoms with Crippen LogP contribution in [0, 0.1) is 20.8 Å². The van der Waals surface area contributed by atoms with Crippen molar-refractivity contribution >= 4 is 12.4 Å². The molecule has 0 saturated carbocycles. The van der Waals surface area contributed by atoms with Gasteiger partial charge < -0.3 is 5.73 Å². The first kappa shape index (κ1) is 13.7. The molecule has 4 heteroatoms. The predicted molar refractivity (Wildman–Crippen MR) is 72.9 cm³/mol. The van der Waals surface area contributed by atoms with Gasteiger partial charge in [0.15, 0.2) is 0 Å². The SMILES string of the molecule is Cc1ccccc1-n1nc(C)c(CN)c1C.Cl. The van der Waals surface area contributed by atoms with Gasteiger partial charge in [0, 0.05) is 17.8 Å². The Morgan fingerprint density at radius 1 is 1.18 bits per heavy atom. The van der Waals surface area contributed by atoms with Crippen LogP contribution in [0.25, 0.3) is 5.69 Å². The van der Waals surface area contributed by atoms with Crippen LogP contribution in [-0.4, -0.2) is 9.78 Å². The van der Waals surface area contributed by atoms with Crippen molar-refractivity contribution < 1.29 is 0 Å². The van der Waals surface area contributed by atoms with Gasteiger partial charge in [-0.05, 0) is 32.4 Å². The summed E-state index contributed by atoms with van der Waals surface area (Å²) in [5.74, 6) is 0. The summed E-state index contributed by atoms with van der Waals surface area (Å²) in [4.78, 5) is 0. The maximum Gasteiger partial charge on any atom is 0.0678 e. The van der Waals surface area contributed by atoms with Crippen LogP contribution in [0.4, 0.5) is 0 Å². The molecule has 0 aliphatic rings. The minimum atomic E-state index is 0. The Kier molecular flexibility index (Phi) is 4.32. The molecule has 0 bridgehead atoms. The monoisotopic (exact) mass is 251 g/mol. The highest BCUT2D eigenvalue weighted by Crippen LogP contribution is 2.19. The summed E-state index contributed by atoms with van der Waals surface area (Å²) in [5.41, 5.74) is 11.4. The molecule has 0 radical (unpaired) electrons. The van der Waals surface area contributed by atoms with Crippen molar-refractivity contribution in [2.24, 2.45) is 5.73 Å². The molecule has 0 amide bonds. The lowest BCUT2D eigenvalue weighted by atomic mass is 10.2. The van der Waals surface area contributed by atoms with Gasteiger partial charge in [-0.3, -0.25) is 0 Å². The third kappa shape index (κ3) is 2.35. The molecule has 1 aromatic heterocycles. The molecule has 0 aliphatic carbocycles. The molecule has 0 saturated heterocycles. The summed E-state index contributed by atoms with van der Waals surface area (Å²) in [6.07, 6.45) is 0. The molecular formula is C13H18ClN3. The maximum absolute atomic E-state index is 5.73. The molecule has 1 aromatic carbocycles. The number of rotatable bonds is 2. The molecule has 17 heavy (non-hydrogen) atoms. The molecule has 92 valence electrons. The minimum absolute atomic E-state index is 0. The van der Waals surface area contributed by atoms with Crippen LogP contribution in [0.15, 0.2) is 24.3 Å². The zero-order chi connectivity index (χ0) is 11.7. The second-order valence-corrected chi connectivity index (χ2v) is 4.05. The molecule has 0 aliphatic heterocycles. The van der Waals surface area contributed by atoms with Gasteiger partial charge in [0.25, 0.3) is 0 Å². The van der Waals surface area contributed by atoms with E-state index in [1.807, 2.05) is 23.7 Å². The molecular weight excluding hydrogens is 234 g/mol. The van der Waals surface area contributed by atoms with Crippen molar-refractivity contribution in [1.29, 1.82) is 0 Å². The molecule has 0 fully saturated rings. The average Bonchev–Trinajstić information content (AvgIpc) is 2.55. The fourth-order valence-corrected chi connectivity index (χ4v) is 2.01. The van der Waals surface area contributed by atoms with Crippen LogP contribution in [0.2, 0.25) is 0 Å². The van der Waals surface area contributed by atoms with Crippen LogP contribution >= 0.6 is 12.4 Å². The Labute approximate surface area is 108 Å². The molecule has 0 atom stereocenters. The maximum atomic E-state index is 5.73. The van der Waals surface area contributed by atoms with Gasteiger partial charge in [-0.25, -0.2) is 4.68 Å². The largest absolute Gasteiger partial charge is 0.326 e. The Bertz CT molecular complexity index is 517. The Morgan fingerprint density at radius 2 is 1.82 bits per heavy atom. The van der Waals surface area contributed by atoms with Gasteiger partial charge in [-0.1, -0.05) is 18.2 Å². The van der Waals surface area contributed by atoms with Gasteiger partial charge in [-0.15, -0.1) is 12.4 Å². The van der Waals surface area contributed by atoms with Crippen LogP contribution in [-0.2, 0) is 6.54 Å². The summed E-state index contributed by atoms with van der Waals surface area (Å²) in [5, 5.41) is 4.55. The van der Waals surface area contributed by atoms with Crippen LogP contribution in [0.3, 0.4) is 0 Å². The van der Waals surface area contributed by atoms with E-state index in [9.17, 15) is 0 Å². The molecule has 2 aromatic rings. The highest BCUT2D eigenvalue weighted by atomic mass is 35.5. The highest BCUT2D eigenvalue weighted by molar-refractivity contribution is 5.85. The van der Waals surface area contributed by atoms with E-state index in [0.717, 1.165) is 22.6 Å². The van der Waals surface area contributed by atoms with Crippen molar-refractivity contribution in [1.82, 2.24) is 9.78 Å². The van der Waals surface area contributed by atoms with E-state index in [-0.39, 0.29) is 12.4 Å². The Morgan fingerprint density at radius 3 is 2.35 bits per heavy atom. The first-order valence-electron chi connectivity index (χ1n) is 5.46. The second kappa shape index (κ2) is 5.34. The van der Waals surface area contributed by atoms with Gasteiger partial charge in [0.2, 0.25) is 0 Å². The van der Waals surface area contributed by atoms with E-state index < -0.39 is 0 Å². The van der Waals surface area contributed by atoms with Crippen LogP contribution < -0.4 is 5.73 Å². The third-order valence-electron chi connectivity index (χ3n) is 2.99. The number of halogens is 1. The number of hydrogen-bond acceptors (Lipinski definition) is 2. The highest BCUT2D eigenvalue weighted by Gasteiger charge is 2.11. The Balaban J connectivity index is 0.00000144. The van der Waals surface area contributed by atoms with Gasteiger partial charge in [0.05, 0.1) is 11.4 Å². The predicted octanol–water partition coefficient (Wildman–Crippen LogP) is 2.68. The number of aryl methyl sites for hydroxylation is 2. The molecule has 0 spiro atoms.